The van der Waals surface area contributed by atoms with Crippen molar-refractivity contribution in [1.82, 2.24) is 10.2 Å². The molecule has 3 rings (SSSR count). The van der Waals surface area contributed by atoms with Crippen LogP contribution in [0.25, 0.3) is 0 Å². The summed E-state index contributed by atoms with van der Waals surface area (Å²) in [4.78, 5) is 2.48. The average Bonchev–Trinajstić information content (AvgIpc) is 3.11. The van der Waals surface area contributed by atoms with Gasteiger partial charge in [0.1, 0.15) is 0 Å². The summed E-state index contributed by atoms with van der Waals surface area (Å²) in [6, 6.07) is 1.68. The quantitative estimate of drug-likeness (QED) is 0.783. The highest BCUT2D eigenvalue weighted by molar-refractivity contribution is 4.98. The van der Waals surface area contributed by atoms with Gasteiger partial charge in [-0.05, 0) is 63.5 Å². The Bertz CT molecular complexity index is 233. The zero-order valence-electron chi connectivity index (χ0n) is 10.8. The highest BCUT2D eigenvalue weighted by Gasteiger charge is 2.42. The molecule has 2 unspecified atom stereocenters. The molecule has 0 aromatic heterocycles. The largest absolute Gasteiger partial charge is 0.310 e. The van der Waals surface area contributed by atoms with Crippen molar-refractivity contribution in [2.45, 2.75) is 51.1 Å². The van der Waals surface area contributed by atoms with Crippen LogP contribution in [0.1, 0.15) is 39.0 Å². The second kappa shape index (κ2) is 4.30. The molecule has 3 aliphatic rings. The molecule has 0 aromatic rings. The van der Waals surface area contributed by atoms with E-state index in [1.165, 1.54) is 45.2 Å². The lowest BCUT2D eigenvalue weighted by Crippen LogP contribution is -2.51. The number of nitrogens with one attached hydrogen (secondary N) is 1. The van der Waals surface area contributed by atoms with E-state index in [0.29, 0.717) is 0 Å². The van der Waals surface area contributed by atoms with Gasteiger partial charge in [0.15, 0.2) is 0 Å². The van der Waals surface area contributed by atoms with E-state index in [2.05, 4.69) is 24.2 Å². The highest BCUT2D eigenvalue weighted by atomic mass is 15.1. The lowest BCUT2D eigenvalue weighted by atomic mass is 9.92. The van der Waals surface area contributed by atoms with E-state index >= 15 is 0 Å². The van der Waals surface area contributed by atoms with Crippen LogP contribution in [-0.2, 0) is 0 Å². The molecule has 1 N–H and O–H groups in total. The molecule has 2 nitrogen and oxygen atoms in total. The van der Waals surface area contributed by atoms with Gasteiger partial charge in [-0.25, -0.2) is 0 Å². The number of nitrogens with zero attached hydrogens (tertiary/aromatic N) is 1. The van der Waals surface area contributed by atoms with Crippen LogP contribution in [0.2, 0.25) is 0 Å². The molecule has 0 bridgehead atoms. The fraction of sp³-hybridized carbons (Fsp3) is 1.00. The van der Waals surface area contributed by atoms with Gasteiger partial charge in [0.2, 0.25) is 0 Å². The number of hydrogen-bond donors (Lipinski definition) is 1. The molecule has 0 amide bonds. The van der Waals surface area contributed by atoms with E-state index in [-0.39, 0.29) is 0 Å². The van der Waals surface area contributed by atoms with E-state index in [1.807, 2.05) is 0 Å². The van der Waals surface area contributed by atoms with Crippen molar-refractivity contribution in [2.75, 3.05) is 20.1 Å². The number of likely N-dealkylation sites (tertiary alicyclic amines) is 1. The summed E-state index contributed by atoms with van der Waals surface area (Å²) in [5.74, 6) is 2.91. The smallest absolute Gasteiger partial charge is 0.0126 e. The third-order valence-corrected chi connectivity index (χ3v) is 4.77. The van der Waals surface area contributed by atoms with Crippen LogP contribution in [0.3, 0.4) is 0 Å². The summed E-state index contributed by atoms with van der Waals surface area (Å²) in [7, 11) is 2.26. The Morgan fingerprint density at radius 1 is 1.06 bits per heavy atom. The molecule has 2 atom stereocenters. The maximum absolute atomic E-state index is 4.02. The molecule has 1 saturated heterocycles. The molecule has 92 valence electrons. The van der Waals surface area contributed by atoms with Crippen LogP contribution in [0.15, 0.2) is 0 Å². The van der Waals surface area contributed by atoms with E-state index < -0.39 is 0 Å². The molecule has 16 heavy (non-hydrogen) atoms. The zero-order chi connectivity index (χ0) is 11.1. The van der Waals surface area contributed by atoms with Gasteiger partial charge in [-0.15, -0.1) is 0 Å². The van der Waals surface area contributed by atoms with Crippen molar-refractivity contribution in [3.05, 3.63) is 0 Å². The summed E-state index contributed by atoms with van der Waals surface area (Å²) in [5.41, 5.74) is 0. The van der Waals surface area contributed by atoms with Gasteiger partial charge in [0.25, 0.3) is 0 Å². The van der Waals surface area contributed by atoms with Crippen LogP contribution in [0, 0.1) is 17.8 Å². The van der Waals surface area contributed by atoms with Crippen molar-refractivity contribution in [1.29, 1.82) is 0 Å². The van der Waals surface area contributed by atoms with Gasteiger partial charge in [-0.3, -0.25) is 0 Å². The predicted octanol–water partition coefficient (Wildman–Crippen LogP) is 2.10. The SMILES string of the molecule is CC1CN(C)CCC1NC(C1CC1)C1CC1. The van der Waals surface area contributed by atoms with E-state index in [0.717, 1.165) is 29.8 Å². The van der Waals surface area contributed by atoms with Gasteiger partial charge in [-0.2, -0.15) is 0 Å². The Morgan fingerprint density at radius 3 is 2.19 bits per heavy atom. The minimum atomic E-state index is 0.794. The maximum Gasteiger partial charge on any atom is 0.0126 e. The van der Waals surface area contributed by atoms with Crippen LogP contribution < -0.4 is 5.32 Å². The van der Waals surface area contributed by atoms with Crippen molar-refractivity contribution >= 4 is 0 Å². The van der Waals surface area contributed by atoms with Crippen molar-refractivity contribution in [3.63, 3.8) is 0 Å². The molecular formula is C14H26N2. The predicted molar refractivity (Wildman–Crippen MR) is 67.4 cm³/mol. The number of rotatable bonds is 4. The molecular weight excluding hydrogens is 196 g/mol. The van der Waals surface area contributed by atoms with E-state index in [9.17, 15) is 0 Å². The molecule has 1 heterocycles. The van der Waals surface area contributed by atoms with Gasteiger partial charge in [-0.1, -0.05) is 6.92 Å². The first-order valence-corrected chi connectivity index (χ1v) is 7.18. The van der Waals surface area contributed by atoms with Crippen LogP contribution in [-0.4, -0.2) is 37.1 Å². The molecule has 1 aliphatic heterocycles. The topological polar surface area (TPSA) is 15.3 Å². The first kappa shape index (κ1) is 11.0. The Labute approximate surface area is 99.8 Å². The monoisotopic (exact) mass is 222 g/mol. The Balaban J connectivity index is 1.55. The summed E-state index contributed by atoms with van der Waals surface area (Å²) >= 11 is 0. The summed E-state index contributed by atoms with van der Waals surface area (Å²) in [6.45, 7) is 4.98. The second-order valence-electron chi connectivity index (χ2n) is 6.50. The van der Waals surface area contributed by atoms with Gasteiger partial charge in [0.05, 0.1) is 0 Å². The second-order valence-corrected chi connectivity index (χ2v) is 6.50. The van der Waals surface area contributed by atoms with Crippen LogP contribution in [0.4, 0.5) is 0 Å². The Kier molecular flexibility index (Phi) is 2.97. The minimum Gasteiger partial charge on any atom is -0.310 e. The fourth-order valence-electron chi connectivity index (χ4n) is 3.42. The highest BCUT2D eigenvalue weighted by Crippen LogP contribution is 2.45. The van der Waals surface area contributed by atoms with Gasteiger partial charge in [0, 0.05) is 18.6 Å². The van der Waals surface area contributed by atoms with E-state index in [4.69, 9.17) is 0 Å². The summed E-state index contributed by atoms with van der Waals surface area (Å²) in [6.07, 6.45) is 7.34. The van der Waals surface area contributed by atoms with Crippen molar-refractivity contribution < 1.29 is 0 Å². The number of piperidine rings is 1. The zero-order valence-corrected chi connectivity index (χ0v) is 10.8. The first-order chi connectivity index (χ1) is 7.74. The molecule has 2 aliphatic carbocycles. The van der Waals surface area contributed by atoms with Crippen molar-refractivity contribution in [3.8, 4) is 0 Å². The Morgan fingerprint density at radius 2 is 1.69 bits per heavy atom. The standard InChI is InChI=1S/C14H26N2/c1-10-9-16(2)8-7-13(10)15-14(11-3-4-11)12-5-6-12/h10-15H,3-9H2,1-2H3. The molecule has 3 fully saturated rings. The lowest BCUT2D eigenvalue weighted by Gasteiger charge is -2.37. The molecule has 0 spiro atoms. The normalized spacial score (nSPS) is 36.9. The fourth-order valence-corrected chi connectivity index (χ4v) is 3.42. The maximum atomic E-state index is 4.02. The van der Waals surface area contributed by atoms with Gasteiger partial charge >= 0.3 is 0 Å². The third-order valence-electron chi connectivity index (χ3n) is 4.77. The van der Waals surface area contributed by atoms with E-state index in [1.54, 1.807) is 0 Å². The van der Waals surface area contributed by atoms with Gasteiger partial charge < -0.3 is 10.2 Å². The third kappa shape index (κ3) is 2.43. The van der Waals surface area contributed by atoms with Crippen LogP contribution in [0.5, 0.6) is 0 Å². The lowest BCUT2D eigenvalue weighted by molar-refractivity contribution is 0.159. The molecule has 0 radical (unpaired) electrons. The minimum absolute atomic E-state index is 0.794. The van der Waals surface area contributed by atoms with Crippen molar-refractivity contribution in [2.24, 2.45) is 17.8 Å². The molecule has 2 saturated carbocycles. The molecule has 0 aromatic carbocycles. The summed E-state index contributed by atoms with van der Waals surface area (Å²) < 4.78 is 0. The Hall–Kier alpha value is -0.0800. The van der Waals surface area contributed by atoms with Crippen LogP contribution >= 0.6 is 0 Å². The first-order valence-electron chi connectivity index (χ1n) is 7.18. The number of hydrogen-bond acceptors (Lipinski definition) is 2. The molecule has 2 heteroatoms. The summed E-state index contributed by atoms with van der Waals surface area (Å²) in [5, 5.41) is 4.02. The average molecular weight is 222 g/mol.